The predicted molar refractivity (Wildman–Crippen MR) is 54.6 cm³/mol. The molecule has 1 aliphatic heterocycles. The number of rotatable bonds is 1. The average Bonchev–Trinajstić information content (AvgIpc) is 2.53. The third-order valence-corrected chi connectivity index (χ3v) is 2.99. The largest absolute Gasteiger partial charge is 0.299 e. The molecule has 0 fully saturated rings. The van der Waals surface area contributed by atoms with E-state index in [1.165, 1.54) is 0 Å². The van der Waals surface area contributed by atoms with Gasteiger partial charge in [0.05, 0.1) is 11.8 Å². The molecule has 13 heavy (non-hydrogen) atoms. The minimum Gasteiger partial charge on any atom is -0.299 e. The third-order valence-electron chi connectivity index (χ3n) is 2.07. The summed E-state index contributed by atoms with van der Waals surface area (Å²) in [4.78, 5) is 16.9. The lowest BCUT2D eigenvalue weighted by Crippen LogP contribution is -2.20. The van der Waals surface area contributed by atoms with Crippen LogP contribution in [0.25, 0.3) is 0 Å². The number of hydrogen-bond acceptors (Lipinski definition) is 3. The fraction of sp³-hybridized carbons (Fsp3) is 0.400. The van der Waals surface area contributed by atoms with Gasteiger partial charge < -0.3 is 0 Å². The Balaban J connectivity index is 2.29. The Morgan fingerprint density at radius 2 is 2.46 bits per heavy atom. The molecule has 0 spiro atoms. The van der Waals surface area contributed by atoms with Gasteiger partial charge >= 0.3 is 0 Å². The molecule has 1 unspecified atom stereocenters. The molecule has 0 saturated carbocycles. The summed E-state index contributed by atoms with van der Waals surface area (Å²) in [6.45, 7) is 1.99. The molecule has 1 aliphatic rings. The van der Waals surface area contributed by atoms with Crippen molar-refractivity contribution in [1.82, 2.24) is 0 Å². The molecule has 1 aromatic heterocycles. The molecule has 1 aromatic rings. The van der Waals surface area contributed by atoms with E-state index in [0.717, 1.165) is 10.6 Å². The SMILES string of the molecule is CC1CC(=O)CC(c2cccs2)=N1. The Morgan fingerprint density at radius 1 is 1.62 bits per heavy atom. The van der Waals surface area contributed by atoms with Crippen molar-refractivity contribution < 1.29 is 4.79 Å². The minimum atomic E-state index is 0.165. The first-order valence-corrected chi connectivity index (χ1v) is 5.26. The summed E-state index contributed by atoms with van der Waals surface area (Å²) in [7, 11) is 0. The van der Waals surface area contributed by atoms with Crippen LogP contribution in [0.4, 0.5) is 0 Å². The van der Waals surface area contributed by atoms with Crippen molar-refractivity contribution in [1.29, 1.82) is 0 Å². The highest BCUT2D eigenvalue weighted by Gasteiger charge is 2.19. The Hall–Kier alpha value is -0.960. The van der Waals surface area contributed by atoms with Crippen LogP contribution in [0.3, 0.4) is 0 Å². The van der Waals surface area contributed by atoms with E-state index in [1.807, 2.05) is 24.4 Å². The Kier molecular flexibility index (Phi) is 2.27. The molecule has 2 nitrogen and oxygen atoms in total. The summed E-state index contributed by atoms with van der Waals surface area (Å²) in [6, 6.07) is 4.18. The Morgan fingerprint density at radius 3 is 3.08 bits per heavy atom. The Bertz CT molecular complexity index is 340. The van der Waals surface area contributed by atoms with Gasteiger partial charge in [0.15, 0.2) is 0 Å². The first-order valence-electron chi connectivity index (χ1n) is 4.38. The van der Waals surface area contributed by atoms with Crippen molar-refractivity contribution in [2.75, 3.05) is 0 Å². The molecule has 0 radical (unpaired) electrons. The third kappa shape index (κ3) is 1.86. The lowest BCUT2D eigenvalue weighted by Gasteiger charge is -2.14. The normalized spacial score (nSPS) is 23.0. The molecule has 0 aliphatic carbocycles. The second-order valence-electron chi connectivity index (χ2n) is 3.32. The zero-order valence-electron chi connectivity index (χ0n) is 7.49. The lowest BCUT2D eigenvalue weighted by molar-refractivity contribution is -0.118. The predicted octanol–water partition coefficient (Wildman–Crippen LogP) is 2.29. The van der Waals surface area contributed by atoms with Crippen molar-refractivity contribution in [3.63, 3.8) is 0 Å². The molecule has 2 rings (SSSR count). The number of aliphatic imine (C=N–C) groups is 1. The first-order chi connectivity index (χ1) is 6.25. The van der Waals surface area contributed by atoms with Gasteiger partial charge in [-0.15, -0.1) is 11.3 Å². The molecule has 2 heterocycles. The van der Waals surface area contributed by atoms with Crippen LogP contribution in [0.2, 0.25) is 0 Å². The van der Waals surface area contributed by atoms with Crippen molar-refractivity contribution in [3.05, 3.63) is 22.4 Å². The van der Waals surface area contributed by atoms with Gasteiger partial charge in [0.25, 0.3) is 0 Å². The number of hydrogen-bond donors (Lipinski definition) is 0. The van der Waals surface area contributed by atoms with E-state index in [9.17, 15) is 4.79 Å². The van der Waals surface area contributed by atoms with Gasteiger partial charge in [-0.05, 0) is 18.4 Å². The van der Waals surface area contributed by atoms with Gasteiger partial charge in [-0.25, -0.2) is 0 Å². The maximum Gasteiger partial charge on any atom is 0.140 e. The van der Waals surface area contributed by atoms with Gasteiger partial charge in [-0.2, -0.15) is 0 Å². The number of nitrogens with zero attached hydrogens (tertiary/aromatic N) is 1. The van der Waals surface area contributed by atoms with Crippen molar-refractivity contribution in [2.24, 2.45) is 4.99 Å². The van der Waals surface area contributed by atoms with E-state index in [0.29, 0.717) is 18.6 Å². The minimum absolute atomic E-state index is 0.165. The molecule has 68 valence electrons. The fourth-order valence-electron chi connectivity index (χ4n) is 1.54. The summed E-state index contributed by atoms with van der Waals surface area (Å²) in [5.74, 6) is 0.311. The maximum atomic E-state index is 11.3. The molecule has 3 heteroatoms. The topological polar surface area (TPSA) is 29.4 Å². The van der Waals surface area contributed by atoms with Gasteiger partial charge in [-0.1, -0.05) is 6.07 Å². The fourth-order valence-corrected chi connectivity index (χ4v) is 2.26. The summed E-state index contributed by atoms with van der Waals surface area (Å²) in [6.07, 6.45) is 1.12. The van der Waals surface area contributed by atoms with Crippen molar-refractivity contribution >= 4 is 22.8 Å². The second-order valence-corrected chi connectivity index (χ2v) is 4.27. The standard InChI is InChI=1S/C10H11NOS/c1-7-5-8(12)6-9(11-7)10-3-2-4-13-10/h2-4,7H,5-6H2,1H3. The highest BCUT2D eigenvalue weighted by atomic mass is 32.1. The molecule has 0 aromatic carbocycles. The monoisotopic (exact) mass is 193 g/mol. The van der Waals surface area contributed by atoms with E-state index in [1.54, 1.807) is 11.3 Å². The molecule has 0 saturated heterocycles. The van der Waals surface area contributed by atoms with E-state index in [2.05, 4.69) is 4.99 Å². The van der Waals surface area contributed by atoms with Crippen LogP contribution in [-0.4, -0.2) is 17.5 Å². The van der Waals surface area contributed by atoms with Crippen molar-refractivity contribution in [2.45, 2.75) is 25.8 Å². The zero-order valence-corrected chi connectivity index (χ0v) is 8.30. The first kappa shape index (κ1) is 8.63. The number of ketones is 1. The van der Waals surface area contributed by atoms with E-state index >= 15 is 0 Å². The molecular weight excluding hydrogens is 182 g/mol. The maximum absolute atomic E-state index is 11.3. The van der Waals surface area contributed by atoms with Gasteiger partial charge in [0, 0.05) is 17.7 Å². The average molecular weight is 193 g/mol. The molecule has 0 N–H and O–H groups in total. The van der Waals surface area contributed by atoms with Crippen LogP contribution in [0.15, 0.2) is 22.5 Å². The zero-order chi connectivity index (χ0) is 9.26. The van der Waals surface area contributed by atoms with Crippen LogP contribution in [0, 0.1) is 0 Å². The lowest BCUT2D eigenvalue weighted by atomic mass is 10.0. The van der Waals surface area contributed by atoms with E-state index in [4.69, 9.17) is 0 Å². The number of carbonyl (C=O) groups excluding carboxylic acids is 1. The van der Waals surface area contributed by atoms with Crippen LogP contribution < -0.4 is 0 Å². The highest BCUT2D eigenvalue weighted by molar-refractivity contribution is 7.12. The summed E-state index contributed by atoms with van der Waals surface area (Å²) < 4.78 is 0. The number of thiophene rings is 1. The quantitative estimate of drug-likeness (QED) is 0.673. The summed E-state index contributed by atoms with van der Waals surface area (Å²) in [5.41, 5.74) is 0.971. The van der Waals surface area contributed by atoms with Crippen LogP contribution in [-0.2, 0) is 4.79 Å². The number of carbonyl (C=O) groups is 1. The van der Waals surface area contributed by atoms with E-state index < -0.39 is 0 Å². The Labute approximate surface area is 81.3 Å². The van der Waals surface area contributed by atoms with E-state index in [-0.39, 0.29) is 6.04 Å². The molecule has 0 amide bonds. The molecule has 1 atom stereocenters. The highest BCUT2D eigenvalue weighted by Crippen LogP contribution is 2.18. The van der Waals surface area contributed by atoms with Gasteiger partial charge in [0.1, 0.15) is 5.78 Å². The summed E-state index contributed by atoms with van der Waals surface area (Å²) in [5, 5.41) is 2.02. The van der Waals surface area contributed by atoms with Crippen LogP contribution in [0.1, 0.15) is 24.6 Å². The van der Waals surface area contributed by atoms with Gasteiger partial charge in [-0.3, -0.25) is 9.79 Å². The van der Waals surface area contributed by atoms with Gasteiger partial charge in [0.2, 0.25) is 0 Å². The van der Waals surface area contributed by atoms with Crippen molar-refractivity contribution in [3.8, 4) is 0 Å². The molecular formula is C10H11NOS. The smallest absolute Gasteiger partial charge is 0.140 e. The summed E-state index contributed by atoms with van der Waals surface area (Å²) >= 11 is 1.65. The van der Waals surface area contributed by atoms with Crippen LogP contribution in [0.5, 0.6) is 0 Å². The molecule has 0 bridgehead atoms. The second kappa shape index (κ2) is 3.42. The van der Waals surface area contributed by atoms with Crippen LogP contribution >= 0.6 is 11.3 Å². The number of Topliss-reactive ketones (excluding diaryl/α,β-unsaturated/α-hetero) is 1.